The van der Waals surface area contributed by atoms with Crippen LogP contribution in [0, 0.1) is 5.82 Å². The highest BCUT2D eigenvalue weighted by atomic mass is 19.1. The molecule has 0 N–H and O–H groups in total. The minimum atomic E-state index is -0.334. The van der Waals surface area contributed by atoms with Crippen LogP contribution in [0.4, 0.5) is 4.39 Å². The number of halogens is 1. The lowest BCUT2D eigenvalue weighted by Gasteiger charge is -2.29. The molecule has 4 rings (SSSR count). The largest absolute Gasteiger partial charge is 0.491 e. The van der Waals surface area contributed by atoms with Crippen molar-refractivity contribution in [3.05, 3.63) is 84.2 Å². The molecule has 5 nitrogen and oxygen atoms in total. The average molecular weight is 365 g/mol. The van der Waals surface area contributed by atoms with Gasteiger partial charge in [0.05, 0.1) is 18.8 Å². The summed E-state index contributed by atoms with van der Waals surface area (Å²) < 4.78 is 21.4. The number of fused-ring (bicyclic) bond motifs is 1. The van der Waals surface area contributed by atoms with Gasteiger partial charge in [0.15, 0.2) is 0 Å². The smallest absolute Gasteiger partial charge is 0.227 e. The highest BCUT2D eigenvalue weighted by Crippen LogP contribution is 2.26. The summed E-state index contributed by atoms with van der Waals surface area (Å²) in [6.07, 6.45) is 5.46. The van der Waals surface area contributed by atoms with Gasteiger partial charge in [-0.3, -0.25) is 4.79 Å². The number of amides is 1. The zero-order valence-corrected chi connectivity index (χ0v) is 14.8. The Balaban J connectivity index is 1.60. The SMILES string of the molecule is O=C(Cc1cccc(F)c1)N1Cc2ccccc2OC[C@H]1Cn1ccnc1. The molecule has 1 aliphatic heterocycles. The highest BCUT2D eigenvalue weighted by Gasteiger charge is 2.29. The van der Waals surface area contributed by atoms with Gasteiger partial charge < -0.3 is 14.2 Å². The number of para-hydroxylation sites is 1. The Bertz CT molecular complexity index is 927. The van der Waals surface area contributed by atoms with Crippen LogP contribution in [0.2, 0.25) is 0 Å². The fourth-order valence-electron chi connectivity index (χ4n) is 3.37. The van der Waals surface area contributed by atoms with Gasteiger partial charge in [-0.2, -0.15) is 0 Å². The lowest BCUT2D eigenvalue weighted by atomic mass is 10.1. The summed E-state index contributed by atoms with van der Waals surface area (Å²) in [5.74, 6) is 0.417. The molecule has 0 bridgehead atoms. The number of imidazole rings is 1. The lowest BCUT2D eigenvalue weighted by Crippen LogP contribution is -2.44. The van der Waals surface area contributed by atoms with E-state index in [1.807, 2.05) is 39.9 Å². The van der Waals surface area contributed by atoms with E-state index < -0.39 is 0 Å². The lowest BCUT2D eigenvalue weighted by molar-refractivity contribution is -0.134. The minimum absolute atomic E-state index is 0.0500. The molecule has 0 spiro atoms. The molecule has 1 aromatic heterocycles. The van der Waals surface area contributed by atoms with Crippen molar-refractivity contribution in [2.45, 2.75) is 25.6 Å². The molecular weight excluding hydrogens is 345 g/mol. The van der Waals surface area contributed by atoms with Crippen LogP contribution >= 0.6 is 0 Å². The maximum Gasteiger partial charge on any atom is 0.227 e. The van der Waals surface area contributed by atoms with Crippen molar-refractivity contribution < 1.29 is 13.9 Å². The number of nitrogens with zero attached hydrogens (tertiary/aromatic N) is 3. The van der Waals surface area contributed by atoms with Crippen LogP contribution in [0.25, 0.3) is 0 Å². The zero-order valence-electron chi connectivity index (χ0n) is 14.8. The fourth-order valence-corrected chi connectivity index (χ4v) is 3.37. The number of rotatable bonds is 4. The van der Waals surface area contributed by atoms with Crippen molar-refractivity contribution in [3.8, 4) is 5.75 Å². The van der Waals surface area contributed by atoms with Crippen LogP contribution in [0.1, 0.15) is 11.1 Å². The summed E-state index contributed by atoms with van der Waals surface area (Å²) in [6, 6.07) is 13.8. The van der Waals surface area contributed by atoms with E-state index in [0.717, 1.165) is 11.3 Å². The van der Waals surface area contributed by atoms with Crippen molar-refractivity contribution in [2.24, 2.45) is 0 Å². The van der Waals surface area contributed by atoms with Crippen LogP contribution in [0.5, 0.6) is 5.75 Å². The van der Waals surface area contributed by atoms with E-state index in [1.165, 1.54) is 12.1 Å². The Morgan fingerprint density at radius 3 is 2.93 bits per heavy atom. The number of hydrogen-bond acceptors (Lipinski definition) is 3. The van der Waals surface area contributed by atoms with Gasteiger partial charge in [-0.1, -0.05) is 30.3 Å². The van der Waals surface area contributed by atoms with E-state index >= 15 is 0 Å². The third kappa shape index (κ3) is 4.00. The molecule has 0 radical (unpaired) electrons. The van der Waals surface area contributed by atoms with Crippen molar-refractivity contribution in [3.63, 3.8) is 0 Å². The molecule has 1 amide bonds. The van der Waals surface area contributed by atoms with Crippen LogP contribution in [0.15, 0.2) is 67.3 Å². The van der Waals surface area contributed by atoms with E-state index in [0.29, 0.717) is 25.3 Å². The molecule has 0 saturated heterocycles. The maximum absolute atomic E-state index is 13.5. The average Bonchev–Trinajstić information content (AvgIpc) is 3.10. The van der Waals surface area contributed by atoms with Gasteiger partial charge in [-0.15, -0.1) is 0 Å². The first-order chi connectivity index (χ1) is 13.2. The summed E-state index contributed by atoms with van der Waals surface area (Å²) in [6.45, 7) is 1.44. The predicted molar refractivity (Wildman–Crippen MR) is 98.6 cm³/mol. The molecule has 6 heteroatoms. The molecule has 2 aromatic carbocycles. The molecule has 0 unspecified atom stereocenters. The summed E-state index contributed by atoms with van der Waals surface area (Å²) in [5, 5.41) is 0. The summed E-state index contributed by atoms with van der Waals surface area (Å²) >= 11 is 0. The Kier molecular flexibility index (Phi) is 4.87. The predicted octanol–water partition coefficient (Wildman–Crippen LogP) is 3.05. The molecule has 27 heavy (non-hydrogen) atoms. The van der Waals surface area contributed by atoms with Gasteiger partial charge in [0, 0.05) is 31.0 Å². The Morgan fingerprint density at radius 1 is 1.22 bits per heavy atom. The van der Waals surface area contributed by atoms with Gasteiger partial charge >= 0.3 is 0 Å². The van der Waals surface area contributed by atoms with Crippen molar-refractivity contribution in [1.82, 2.24) is 14.5 Å². The molecule has 1 aliphatic rings. The van der Waals surface area contributed by atoms with E-state index in [2.05, 4.69) is 4.98 Å². The van der Waals surface area contributed by atoms with Crippen LogP contribution in [0.3, 0.4) is 0 Å². The van der Waals surface area contributed by atoms with Crippen molar-refractivity contribution in [2.75, 3.05) is 6.61 Å². The van der Waals surface area contributed by atoms with E-state index in [4.69, 9.17) is 4.74 Å². The van der Waals surface area contributed by atoms with E-state index in [-0.39, 0.29) is 24.2 Å². The van der Waals surface area contributed by atoms with Gasteiger partial charge in [0.25, 0.3) is 0 Å². The Labute approximate surface area is 157 Å². The molecule has 138 valence electrons. The first-order valence-corrected chi connectivity index (χ1v) is 8.89. The second kappa shape index (κ2) is 7.61. The third-order valence-electron chi connectivity index (χ3n) is 4.73. The van der Waals surface area contributed by atoms with E-state index in [9.17, 15) is 9.18 Å². The molecule has 0 aliphatic carbocycles. The van der Waals surface area contributed by atoms with Crippen molar-refractivity contribution >= 4 is 5.91 Å². The molecule has 0 fully saturated rings. The topological polar surface area (TPSA) is 47.4 Å². The molecule has 3 aromatic rings. The highest BCUT2D eigenvalue weighted by molar-refractivity contribution is 5.79. The Morgan fingerprint density at radius 2 is 2.11 bits per heavy atom. The van der Waals surface area contributed by atoms with Crippen LogP contribution in [-0.2, 0) is 24.3 Å². The van der Waals surface area contributed by atoms with Gasteiger partial charge in [-0.05, 0) is 23.8 Å². The normalized spacial score (nSPS) is 16.3. The molecule has 0 saturated carbocycles. The van der Waals surface area contributed by atoms with Gasteiger partial charge in [-0.25, -0.2) is 9.37 Å². The van der Waals surface area contributed by atoms with Crippen LogP contribution in [-0.4, -0.2) is 33.0 Å². The molecular formula is C21H20FN3O2. The standard InChI is InChI=1S/C21H20FN3O2/c22-18-6-3-4-16(10-18)11-21(26)25-12-17-5-1-2-7-20(17)27-14-19(25)13-24-9-8-23-15-24/h1-10,15,19H,11-14H2/t19-/m1/s1. The second-order valence-corrected chi connectivity index (χ2v) is 6.66. The number of aromatic nitrogens is 2. The van der Waals surface area contributed by atoms with Crippen LogP contribution < -0.4 is 4.74 Å². The summed E-state index contributed by atoms with van der Waals surface area (Å²) in [7, 11) is 0. The number of ether oxygens (including phenoxy) is 1. The Hall–Kier alpha value is -3.15. The second-order valence-electron chi connectivity index (χ2n) is 6.66. The number of benzene rings is 2. The number of carbonyl (C=O) groups is 1. The first-order valence-electron chi connectivity index (χ1n) is 8.89. The minimum Gasteiger partial charge on any atom is -0.491 e. The zero-order chi connectivity index (χ0) is 18.6. The monoisotopic (exact) mass is 365 g/mol. The number of hydrogen-bond donors (Lipinski definition) is 0. The fraction of sp³-hybridized carbons (Fsp3) is 0.238. The quantitative estimate of drug-likeness (QED) is 0.714. The number of carbonyl (C=O) groups excluding carboxylic acids is 1. The molecule has 2 heterocycles. The van der Waals surface area contributed by atoms with Crippen molar-refractivity contribution in [1.29, 1.82) is 0 Å². The summed E-state index contributed by atoms with van der Waals surface area (Å²) in [5.41, 5.74) is 1.64. The first kappa shape index (κ1) is 17.3. The van der Waals surface area contributed by atoms with Gasteiger partial charge in [0.2, 0.25) is 5.91 Å². The third-order valence-corrected chi connectivity index (χ3v) is 4.73. The van der Waals surface area contributed by atoms with Gasteiger partial charge in [0.1, 0.15) is 18.2 Å². The summed E-state index contributed by atoms with van der Waals surface area (Å²) in [4.78, 5) is 19.0. The van der Waals surface area contributed by atoms with E-state index in [1.54, 1.807) is 24.7 Å². The maximum atomic E-state index is 13.5. The molecule has 1 atom stereocenters.